The Hall–Kier alpha value is -1.69. The average molecular weight is 325 g/mol. The fourth-order valence-electron chi connectivity index (χ4n) is 1.80. The minimum Gasteiger partial charge on any atom is -0.383 e. The summed E-state index contributed by atoms with van der Waals surface area (Å²) >= 11 is 3.31. The molecule has 0 saturated heterocycles. The van der Waals surface area contributed by atoms with Gasteiger partial charge in [-0.25, -0.2) is 14.4 Å². The van der Waals surface area contributed by atoms with Crippen molar-refractivity contribution in [1.82, 2.24) is 9.97 Å². The molecule has 0 amide bonds. The maximum atomic E-state index is 13.1. The Balaban J connectivity index is 2.41. The number of anilines is 3. The maximum absolute atomic E-state index is 13.1. The molecule has 3 N–H and O–H groups in total. The molecule has 100 valence electrons. The third-order valence-electron chi connectivity index (χ3n) is 2.68. The molecule has 1 aromatic carbocycles. The van der Waals surface area contributed by atoms with E-state index < -0.39 is 0 Å². The van der Waals surface area contributed by atoms with Crippen LogP contribution in [0.15, 0.2) is 29.0 Å². The second-order valence-electron chi connectivity index (χ2n) is 4.43. The van der Waals surface area contributed by atoms with Gasteiger partial charge in [0, 0.05) is 10.0 Å². The molecule has 2 rings (SSSR count). The molecule has 2 aromatic rings. The van der Waals surface area contributed by atoms with Gasteiger partial charge in [-0.3, -0.25) is 0 Å². The van der Waals surface area contributed by atoms with Gasteiger partial charge in [0.15, 0.2) is 0 Å². The Bertz CT molecular complexity index is 601. The van der Waals surface area contributed by atoms with Gasteiger partial charge < -0.3 is 11.1 Å². The van der Waals surface area contributed by atoms with Crippen LogP contribution in [0.25, 0.3) is 0 Å². The number of benzene rings is 1. The van der Waals surface area contributed by atoms with Crippen LogP contribution in [-0.2, 0) is 0 Å². The smallest absolute Gasteiger partial charge is 0.139 e. The second-order valence-corrected chi connectivity index (χ2v) is 5.28. The Morgan fingerprint density at radius 1 is 1.32 bits per heavy atom. The summed E-state index contributed by atoms with van der Waals surface area (Å²) in [6.45, 7) is 4.03. The first-order chi connectivity index (χ1) is 8.99. The molecule has 19 heavy (non-hydrogen) atoms. The SMILES string of the molecule is CC(C)c1c(N)ncnc1Nc1ccc(F)cc1Br. The Labute approximate surface area is 119 Å². The summed E-state index contributed by atoms with van der Waals surface area (Å²) in [6.07, 6.45) is 1.40. The van der Waals surface area contributed by atoms with Crippen LogP contribution >= 0.6 is 15.9 Å². The van der Waals surface area contributed by atoms with Gasteiger partial charge in [-0.1, -0.05) is 13.8 Å². The normalized spacial score (nSPS) is 10.8. The number of hydrogen-bond acceptors (Lipinski definition) is 4. The van der Waals surface area contributed by atoms with Crippen molar-refractivity contribution >= 4 is 33.3 Å². The minimum absolute atomic E-state index is 0.183. The van der Waals surface area contributed by atoms with Crippen molar-refractivity contribution in [1.29, 1.82) is 0 Å². The molecule has 0 bridgehead atoms. The molecule has 6 heteroatoms. The molecule has 0 saturated carbocycles. The largest absolute Gasteiger partial charge is 0.383 e. The molecular formula is C13H14BrFN4. The molecule has 0 atom stereocenters. The van der Waals surface area contributed by atoms with E-state index in [-0.39, 0.29) is 11.7 Å². The number of nitrogens with one attached hydrogen (secondary N) is 1. The molecular weight excluding hydrogens is 311 g/mol. The van der Waals surface area contributed by atoms with Gasteiger partial charge in [0.25, 0.3) is 0 Å². The predicted molar refractivity (Wildman–Crippen MR) is 77.9 cm³/mol. The van der Waals surface area contributed by atoms with Gasteiger partial charge in [-0.15, -0.1) is 0 Å². The molecule has 0 aliphatic heterocycles. The number of nitrogens with zero attached hydrogens (tertiary/aromatic N) is 2. The topological polar surface area (TPSA) is 63.8 Å². The molecule has 0 unspecified atom stereocenters. The predicted octanol–water partition coefficient (Wildman–Crippen LogP) is 3.83. The summed E-state index contributed by atoms with van der Waals surface area (Å²) in [7, 11) is 0. The Morgan fingerprint density at radius 3 is 2.68 bits per heavy atom. The molecule has 1 aromatic heterocycles. The monoisotopic (exact) mass is 324 g/mol. The third kappa shape index (κ3) is 3.01. The van der Waals surface area contributed by atoms with E-state index in [2.05, 4.69) is 31.2 Å². The lowest BCUT2D eigenvalue weighted by atomic mass is 10.0. The fraction of sp³-hybridized carbons (Fsp3) is 0.231. The highest BCUT2D eigenvalue weighted by atomic mass is 79.9. The quantitative estimate of drug-likeness (QED) is 0.900. The molecule has 1 heterocycles. The number of hydrogen-bond donors (Lipinski definition) is 2. The van der Waals surface area contributed by atoms with Crippen LogP contribution in [0.1, 0.15) is 25.3 Å². The highest BCUT2D eigenvalue weighted by Gasteiger charge is 2.14. The zero-order valence-corrected chi connectivity index (χ0v) is 12.2. The van der Waals surface area contributed by atoms with Gasteiger partial charge >= 0.3 is 0 Å². The zero-order valence-electron chi connectivity index (χ0n) is 10.6. The first-order valence-electron chi connectivity index (χ1n) is 5.81. The summed E-state index contributed by atoms with van der Waals surface area (Å²) in [5, 5.41) is 3.15. The van der Waals surface area contributed by atoms with E-state index in [1.807, 2.05) is 13.8 Å². The third-order valence-corrected chi connectivity index (χ3v) is 3.33. The summed E-state index contributed by atoms with van der Waals surface area (Å²) in [6, 6.07) is 4.41. The van der Waals surface area contributed by atoms with Gasteiger partial charge in [0.05, 0.1) is 5.69 Å². The van der Waals surface area contributed by atoms with Gasteiger partial charge in [0.2, 0.25) is 0 Å². The van der Waals surface area contributed by atoms with E-state index in [0.717, 1.165) is 11.3 Å². The second kappa shape index (κ2) is 5.52. The lowest BCUT2D eigenvalue weighted by molar-refractivity contribution is 0.627. The lowest BCUT2D eigenvalue weighted by Crippen LogP contribution is -2.06. The fourth-order valence-corrected chi connectivity index (χ4v) is 2.25. The van der Waals surface area contributed by atoms with Crippen molar-refractivity contribution in [2.24, 2.45) is 0 Å². The van der Waals surface area contributed by atoms with Crippen LogP contribution in [-0.4, -0.2) is 9.97 Å². The summed E-state index contributed by atoms with van der Waals surface area (Å²) in [5.41, 5.74) is 7.44. The first kappa shape index (κ1) is 13.7. The van der Waals surface area contributed by atoms with Crippen molar-refractivity contribution in [3.05, 3.63) is 40.4 Å². The van der Waals surface area contributed by atoms with Crippen LogP contribution in [0, 0.1) is 5.82 Å². The molecule has 0 spiro atoms. The number of halogens is 2. The van der Waals surface area contributed by atoms with Crippen LogP contribution in [0.4, 0.5) is 21.7 Å². The molecule has 0 radical (unpaired) electrons. The van der Waals surface area contributed by atoms with Crippen LogP contribution < -0.4 is 11.1 Å². The van der Waals surface area contributed by atoms with Gasteiger partial charge in [-0.05, 0) is 40.0 Å². The highest BCUT2D eigenvalue weighted by molar-refractivity contribution is 9.10. The highest BCUT2D eigenvalue weighted by Crippen LogP contribution is 2.31. The average Bonchev–Trinajstić information content (AvgIpc) is 2.32. The minimum atomic E-state index is -0.302. The van der Waals surface area contributed by atoms with Crippen molar-refractivity contribution in [3.63, 3.8) is 0 Å². The number of nitrogens with two attached hydrogens (primary N) is 1. The maximum Gasteiger partial charge on any atom is 0.139 e. The Kier molecular flexibility index (Phi) is 3.99. The Morgan fingerprint density at radius 2 is 2.05 bits per heavy atom. The van der Waals surface area contributed by atoms with Crippen molar-refractivity contribution in [2.45, 2.75) is 19.8 Å². The van der Waals surface area contributed by atoms with Crippen LogP contribution in [0.3, 0.4) is 0 Å². The van der Waals surface area contributed by atoms with Crippen molar-refractivity contribution in [3.8, 4) is 0 Å². The van der Waals surface area contributed by atoms with E-state index in [4.69, 9.17) is 5.73 Å². The van der Waals surface area contributed by atoms with Gasteiger partial charge in [-0.2, -0.15) is 0 Å². The standard InChI is InChI=1S/C13H14BrFN4/c1-7(2)11-12(16)17-6-18-13(11)19-10-4-3-8(15)5-9(10)14/h3-7H,1-2H3,(H3,16,17,18,19). The molecule has 0 aliphatic rings. The van der Waals surface area contributed by atoms with Crippen LogP contribution in [0.2, 0.25) is 0 Å². The first-order valence-corrected chi connectivity index (χ1v) is 6.60. The van der Waals surface area contributed by atoms with E-state index in [1.165, 1.54) is 18.5 Å². The van der Waals surface area contributed by atoms with Crippen LogP contribution in [0.5, 0.6) is 0 Å². The van der Waals surface area contributed by atoms with Gasteiger partial charge in [0.1, 0.15) is 23.8 Å². The van der Waals surface area contributed by atoms with E-state index >= 15 is 0 Å². The zero-order chi connectivity index (χ0) is 14.0. The number of aromatic nitrogens is 2. The molecule has 4 nitrogen and oxygen atoms in total. The van der Waals surface area contributed by atoms with Crippen molar-refractivity contribution in [2.75, 3.05) is 11.1 Å². The summed E-state index contributed by atoms with van der Waals surface area (Å²) < 4.78 is 13.7. The lowest BCUT2D eigenvalue weighted by Gasteiger charge is -2.15. The summed E-state index contributed by atoms with van der Waals surface area (Å²) in [4.78, 5) is 8.20. The number of nitrogen functional groups attached to an aromatic ring is 1. The van der Waals surface area contributed by atoms with E-state index in [0.29, 0.717) is 16.1 Å². The molecule has 0 aliphatic carbocycles. The van der Waals surface area contributed by atoms with Crippen molar-refractivity contribution < 1.29 is 4.39 Å². The van der Waals surface area contributed by atoms with E-state index in [9.17, 15) is 4.39 Å². The van der Waals surface area contributed by atoms with E-state index in [1.54, 1.807) is 6.07 Å². The number of rotatable bonds is 3. The summed E-state index contributed by atoms with van der Waals surface area (Å²) in [5.74, 6) is 0.965. The molecule has 0 fully saturated rings.